The minimum atomic E-state index is 0. The predicted octanol–water partition coefficient (Wildman–Crippen LogP) is 3.06. The van der Waals surface area contributed by atoms with Crippen molar-refractivity contribution in [3.05, 3.63) is 40.7 Å². The zero-order chi connectivity index (χ0) is 20.0. The lowest BCUT2D eigenvalue weighted by atomic mass is 10.1. The van der Waals surface area contributed by atoms with Crippen LogP contribution in [-0.4, -0.2) is 40.5 Å². The van der Waals surface area contributed by atoms with Gasteiger partial charge in [-0.3, -0.25) is 4.68 Å². The van der Waals surface area contributed by atoms with E-state index in [0.29, 0.717) is 18.3 Å². The number of hydrogen-bond donors (Lipinski definition) is 3. The van der Waals surface area contributed by atoms with Gasteiger partial charge in [-0.25, -0.2) is 4.99 Å². The Balaban J connectivity index is 0.00000392. The Hall–Kier alpha value is -1.97. The molecular weight excluding hydrogens is 469 g/mol. The molecule has 0 fully saturated rings. The smallest absolute Gasteiger partial charge is 0.191 e. The topological polar surface area (TPSA) is 83.7 Å². The summed E-state index contributed by atoms with van der Waals surface area (Å²) in [5.74, 6) is 1.63. The van der Waals surface area contributed by atoms with Crippen molar-refractivity contribution >= 4 is 29.9 Å². The molecule has 1 atom stereocenters. The van der Waals surface area contributed by atoms with Crippen molar-refractivity contribution in [1.29, 1.82) is 0 Å². The maximum atomic E-state index is 10.0. The van der Waals surface area contributed by atoms with Gasteiger partial charge in [-0.1, -0.05) is 0 Å². The van der Waals surface area contributed by atoms with E-state index >= 15 is 0 Å². The lowest BCUT2D eigenvalue weighted by Gasteiger charge is -2.18. The van der Waals surface area contributed by atoms with Crippen molar-refractivity contribution in [2.24, 2.45) is 12.0 Å². The van der Waals surface area contributed by atoms with Crippen LogP contribution in [0.1, 0.15) is 36.4 Å². The van der Waals surface area contributed by atoms with E-state index in [2.05, 4.69) is 34.6 Å². The standard InChI is InChI=1S/C20H31N5O2.HI/c1-7-21-20(22-12-16-11-17(27-6)8-9-19(16)26)23-13(2)10-18-14(3)24-25(5)15(18)4;/h8-9,11,13,26H,7,10,12H2,1-6H3,(H2,21,22,23);1H. The highest BCUT2D eigenvalue weighted by molar-refractivity contribution is 14.0. The molecule has 0 aliphatic carbocycles. The first-order chi connectivity index (χ1) is 12.8. The monoisotopic (exact) mass is 501 g/mol. The summed E-state index contributed by atoms with van der Waals surface area (Å²) < 4.78 is 7.14. The number of nitrogens with one attached hydrogen (secondary N) is 2. The molecule has 1 aromatic carbocycles. The molecule has 0 aliphatic heterocycles. The van der Waals surface area contributed by atoms with E-state index in [1.54, 1.807) is 25.3 Å². The molecule has 7 nitrogen and oxygen atoms in total. The molecule has 1 unspecified atom stereocenters. The van der Waals surface area contributed by atoms with Crippen molar-refractivity contribution in [3.63, 3.8) is 0 Å². The first-order valence-corrected chi connectivity index (χ1v) is 9.25. The molecule has 28 heavy (non-hydrogen) atoms. The zero-order valence-corrected chi connectivity index (χ0v) is 19.9. The van der Waals surface area contributed by atoms with Gasteiger partial charge in [0.05, 0.1) is 19.3 Å². The number of hydrogen-bond acceptors (Lipinski definition) is 4. The number of ether oxygens (including phenoxy) is 1. The maximum Gasteiger partial charge on any atom is 0.191 e. The third-order valence-corrected chi connectivity index (χ3v) is 4.59. The number of phenolic OH excluding ortho intramolecular Hbond substituents is 1. The average molecular weight is 501 g/mol. The van der Waals surface area contributed by atoms with E-state index in [1.165, 1.54) is 11.3 Å². The first kappa shape index (κ1) is 24.1. The fourth-order valence-electron chi connectivity index (χ4n) is 3.00. The highest BCUT2D eigenvalue weighted by Crippen LogP contribution is 2.23. The van der Waals surface area contributed by atoms with Crippen molar-refractivity contribution in [1.82, 2.24) is 20.4 Å². The van der Waals surface area contributed by atoms with Crippen molar-refractivity contribution in [3.8, 4) is 11.5 Å². The van der Waals surface area contributed by atoms with E-state index < -0.39 is 0 Å². The molecule has 3 N–H and O–H groups in total. The number of nitrogens with zero attached hydrogens (tertiary/aromatic N) is 3. The highest BCUT2D eigenvalue weighted by Gasteiger charge is 2.14. The van der Waals surface area contributed by atoms with Gasteiger partial charge in [0.1, 0.15) is 11.5 Å². The van der Waals surface area contributed by atoms with Crippen LogP contribution in [0.2, 0.25) is 0 Å². The molecule has 0 aliphatic rings. The van der Waals surface area contributed by atoms with Gasteiger partial charge >= 0.3 is 0 Å². The molecule has 0 spiro atoms. The van der Waals surface area contributed by atoms with Crippen molar-refractivity contribution in [2.75, 3.05) is 13.7 Å². The van der Waals surface area contributed by atoms with E-state index in [0.717, 1.165) is 24.2 Å². The molecule has 156 valence electrons. The van der Waals surface area contributed by atoms with Crippen LogP contribution < -0.4 is 15.4 Å². The molecule has 0 amide bonds. The molecule has 0 saturated heterocycles. The van der Waals surface area contributed by atoms with Gasteiger partial charge in [0.25, 0.3) is 0 Å². The van der Waals surface area contributed by atoms with Gasteiger partial charge < -0.3 is 20.5 Å². The Morgan fingerprint density at radius 2 is 2.07 bits per heavy atom. The summed E-state index contributed by atoms with van der Waals surface area (Å²) in [5.41, 5.74) is 4.23. The van der Waals surface area contributed by atoms with Gasteiger partial charge in [-0.05, 0) is 57.9 Å². The van der Waals surface area contributed by atoms with Gasteiger partial charge in [0, 0.05) is 30.9 Å². The Kier molecular flexibility index (Phi) is 9.57. The summed E-state index contributed by atoms with van der Waals surface area (Å²) in [5, 5.41) is 21.2. The molecule has 1 aromatic heterocycles. The van der Waals surface area contributed by atoms with Crippen LogP contribution in [0.5, 0.6) is 11.5 Å². The minimum absolute atomic E-state index is 0. The summed E-state index contributed by atoms with van der Waals surface area (Å²) in [7, 11) is 3.57. The number of aromatic nitrogens is 2. The number of benzene rings is 1. The Labute approximate surface area is 184 Å². The van der Waals surface area contributed by atoms with Crippen LogP contribution in [-0.2, 0) is 20.0 Å². The van der Waals surface area contributed by atoms with E-state index in [9.17, 15) is 5.11 Å². The van der Waals surface area contributed by atoms with Gasteiger partial charge in [0.2, 0.25) is 0 Å². The molecule has 2 aromatic rings. The molecule has 0 radical (unpaired) electrons. The Morgan fingerprint density at radius 3 is 2.64 bits per heavy atom. The number of aryl methyl sites for hydroxylation is 2. The summed E-state index contributed by atoms with van der Waals surface area (Å²) >= 11 is 0. The lowest BCUT2D eigenvalue weighted by molar-refractivity contribution is 0.411. The molecule has 2 rings (SSSR count). The molecule has 0 saturated carbocycles. The number of phenols is 1. The van der Waals surface area contributed by atoms with Crippen LogP contribution >= 0.6 is 24.0 Å². The second-order valence-electron chi connectivity index (χ2n) is 6.71. The molecular formula is C20H32IN5O2. The molecule has 1 heterocycles. The number of aromatic hydroxyl groups is 1. The van der Waals surface area contributed by atoms with E-state index in [4.69, 9.17) is 4.74 Å². The summed E-state index contributed by atoms with van der Waals surface area (Å²) in [4.78, 5) is 4.61. The molecule has 0 bridgehead atoms. The van der Waals surface area contributed by atoms with Crippen LogP contribution in [0.3, 0.4) is 0 Å². The van der Waals surface area contributed by atoms with Gasteiger partial charge in [-0.15, -0.1) is 24.0 Å². The number of halogens is 1. The number of methoxy groups -OCH3 is 1. The van der Waals surface area contributed by atoms with Crippen LogP contribution in [0.15, 0.2) is 23.2 Å². The number of rotatable bonds is 7. The first-order valence-electron chi connectivity index (χ1n) is 9.25. The number of aliphatic imine (C=N–C) groups is 1. The number of guanidine groups is 1. The summed E-state index contributed by atoms with van der Waals surface area (Å²) in [6.45, 7) is 9.40. The summed E-state index contributed by atoms with van der Waals surface area (Å²) in [6.07, 6.45) is 0.861. The largest absolute Gasteiger partial charge is 0.508 e. The van der Waals surface area contributed by atoms with Gasteiger partial charge in [0.15, 0.2) is 5.96 Å². The zero-order valence-electron chi connectivity index (χ0n) is 17.5. The second-order valence-corrected chi connectivity index (χ2v) is 6.71. The van der Waals surface area contributed by atoms with Gasteiger partial charge in [-0.2, -0.15) is 5.10 Å². The molecule has 8 heteroatoms. The average Bonchev–Trinajstić information content (AvgIpc) is 2.87. The second kappa shape index (κ2) is 11.1. The Bertz CT molecular complexity index is 804. The van der Waals surface area contributed by atoms with Crippen LogP contribution in [0.25, 0.3) is 0 Å². The fraction of sp³-hybridized carbons (Fsp3) is 0.500. The van der Waals surface area contributed by atoms with Crippen LogP contribution in [0, 0.1) is 13.8 Å². The SMILES string of the molecule is CCNC(=NCc1cc(OC)ccc1O)NC(C)Cc1c(C)nn(C)c1C.I. The third kappa shape index (κ3) is 6.29. The Morgan fingerprint density at radius 1 is 1.36 bits per heavy atom. The third-order valence-electron chi connectivity index (χ3n) is 4.59. The van der Waals surface area contributed by atoms with E-state index in [1.807, 2.05) is 25.6 Å². The fourth-order valence-corrected chi connectivity index (χ4v) is 3.00. The van der Waals surface area contributed by atoms with Crippen LogP contribution in [0.4, 0.5) is 0 Å². The summed E-state index contributed by atoms with van der Waals surface area (Å²) in [6, 6.07) is 5.34. The lowest BCUT2D eigenvalue weighted by Crippen LogP contribution is -2.43. The maximum absolute atomic E-state index is 10.0. The highest BCUT2D eigenvalue weighted by atomic mass is 127. The predicted molar refractivity (Wildman–Crippen MR) is 124 cm³/mol. The van der Waals surface area contributed by atoms with Crippen molar-refractivity contribution in [2.45, 2.75) is 46.7 Å². The van der Waals surface area contributed by atoms with E-state index in [-0.39, 0.29) is 35.8 Å². The quantitative estimate of drug-likeness (QED) is 0.309. The normalized spacial score (nSPS) is 12.3. The minimum Gasteiger partial charge on any atom is -0.508 e. The van der Waals surface area contributed by atoms with Crippen molar-refractivity contribution < 1.29 is 9.84 Å².